The number of nitrogens with one attached hydrogen (secondary N) is 1. The van der Waals surface area contributed by atoms with Gasteiger partial charge in [0.2, 0.25) is 0 Å². The number of rotatable bonds is 5. The lowest BCUT2D eigenvalue weighted by Gasteiger charge is -2.30. The van der Waals surface area contributed by atoms with Crippen LogP contribution in [0.1, 0.15) is 31.2 Å². The van der Waals surface area contributed by atoms with E-state index in [1.54, 1.807) is 12.1 Å². The first-order valence-electron chi connectivity index (χ1n) is 7.21. The number of anilines is 1. The Morgan fingerprint density at radius 2 is 2.00 bits per heavy atom. The number of aliphatic hydroxyl groups excluding tert-OH is 1. The van der Waals surface area contributed by atoms with Crippen LogP contribution in [0.5, 0.6) is 0 Å². The highest BCUT2D eigenvalue weighted by Crippen LogP contribution is 2.30. The van der Waals surface area contributed by atoms with E-state index in [-0.39, 0.29) is 17.2 Å². The van der Waals surface area contributed by atoms with Crippen molar-refractivity contribution in [3.05, 3.63) is 33.9 Å². The summed E-state index contributed by atoms with van der Waals surface area (Å²) < 4.78 is 0. The molecule has 1 saturated carbocycles. The molecule has 1 aromatic rings. The van der Waals surface area contributed by atoms with E-state index in [4.69, 9.17) is 0 Å². The van der Waals surface area contributed by atoms with Gasteiger partial charge in [0.15, 0.2) is 0 Å². The number of non-ortho nitro benzene ring substituents is 1. The fourth-order valence-corrected chi connectivity index (χ4v) is 3.01. The van der Waals surface area contributed by atoms with Crippen LogP contribution in [0.4, 0.5) is 11.4 Å². The first-order chi connectivity index (χ1) is 9.60. The maximum absolute atomic E-state index is 10.9. The second-order valence-corrected chi connectivity index (χ2v) is 5.68. The quantitative estimate of drug-likeness (QED) is 0.641. The summed E-state index contributed by atoms with van der Waals surface area (Å²) >= 11 is 0. The fourth-order valence-electron chi connectivity index (χ4n) is 3.01. The molecule has 0 spiro atoms. The number of aliphatic hydroxyl groups is 1. The maximum atomic E-state index is 10.9. The summed E-state index contributed by atoms with van der Waals surface area (Å²) in [4.78, 5) is 10.5. The van der Waals surface area contributed by atoms with Crippen molar-refractivity contribution in [2.45, 2.75) is 32.6 Å². The molecule has 0 heterocycles. The lowest BCUT2D eigenvalue weighted by atomic mass is 9.79. The van der Waals surface area contributed by atoms with Gasteiger partial charge in [0.1, 0.15) is 0 Å². The average molecular weight is 278 g/mol. The molecule has 2 rings (SSSR count). The Morgan fingerprint density at radius 3 is 2.65 bits per heavy atom. The third-order valence-corrected chi connectivity index (χ3v) is 4.14. The van der Waals surface area contributed by atoms with E-state index >= 15 is 0 Å². The van der Waals surface area contributed by atoms with E-state index in [0.29, 0.717) is 11.8 Å². The zero-order valence-electron chi connectivity index (χ0n) is 11.8. The zero-order chi connectivity index (χ0) is 14.5. The molecule has 0 aromatic heterocycles. The molecule has 5 nitrogen and oxygen atoms in total. The lowest BCUT2D eigenvalue weighted by Crippen LogP contribution is -2.28. The minimum atomic E-state index is -0.366. The summed E-state index contributed by atoms with van der Waals surface area (Å²) in [6.07, 6.45) is 4.59. The summed E-state index contributed by atoms with van der Waals surface area (Å²) in [5.74, 6) is 0.810. The Bertz CT molecular complexity index is 476. The molecule has 0 saturated heterocycles. The highest BCUT2D eigenvalue weighted by molar-refractivity contribution is 5.53. The topological polar surface area (TPSA) is 75.4 Å². The Kier molecular flexibility index (Phi) is 4.95. The van der Waals surface area contributed by atoms with Crippen molar-refractivity contribution >= 4 is 11.4 Å². The van der Waals surface area contributed by atoms with Gasteiger partial charge in [-0.25, -0.2) is 0 Å². The Hall–Kier alpha value is -1.62. The van der Waals surface area contributed by atoms with E-state index in [1.807, 2.05) is 13.0 Å². The van der Waals surface area contributed by atoms with Gasteiger partial charge in [-0.2, -0.15) is 0 Å². The number of hydrogen-bond donors (Lipinski definition) is 2. The number of benzene rings is 1. The second kappa shape index (κ2) is 6.70. The molecule has 2 atom stereocenters. The minimum Gasteiger partial charge on any atom is -0.396 e. The molecule has 5 heteroatoms. The third kappa shape index (κ3) is 3.70. The predicted molar refractivity (Wildman–Crippen MR) is 78.9 cm³/mol. The van der Waals surface area contributed by atoms with E-state index in [9.17, 15) is 15.2 Å². The van der Waals surface area contributed by atoms with E-state index in [2.05, 4.69) is 5.32 Å². The highest BCUT2D eigenvalue weighted by Gasteiger charge is 2.24. The summed E-state index contributed by atoms with van der Waals surface area (Å²) in [6, 6.07) is 5.07. The third-order valence-electron chi connectivity index (χ3n) is 4.14. The van der Waals surface area contributed by atoms with Gasteiger partial charge in [-0.05, 0) is 43.2 Å². The van der Waals surface area contributed by atoms with Crippen molar-refractivity contribution in [2.75, 3.05) is 18.5 Å². The standard InChI is InChI=1S/C15H22N2O3/c1-11-6-14(8-15(7-11)17(19)20)16-9-12-4-2-3-5-13(12)10-18/h6-8,12-13,16,18H,2-5,9-10H2,1H3. The van der Waals surface area contributed by atoms with Gasteiger partial charge < -0.3 is 10.4 Å². The molecule has 110 valence electrons. The Balaban J connectivity index is 2.01. The second-order valence-electron chi connectivity index (χ2n) is 5.68. The van der Waals surface area contributed by atoms with Gasteiger partial charge in [-0.1, -0.05) is 12.8 Å². The Labute approximate surface area is 119 Å². The average Bonchev–Trinajstić information content (AvgIpc) is 2.44. The molecule has 1 aromatic carbocycles. The molecule has 2 unspecified atom stereocenters. The Morgan fingerprint density at radius 1 is 1.30 bits per heavy atom. The summed E-state index contributed by atoms with van der Waals surface area (Å²) in [5, 5.41) is 23.6. The zero-order valence-corrected chi connectivity index (χ0v) is 11.8. The van der Waals surface area contributed by atoms with E-state index in [1.165, 1.54) is 12.8 Å². The molecule has 2 N–H and O–H groups in total. The van der Waals surface area contributed by atoms with Crippen molar-refractivity contribution in [3.8, 4) is 0 Å². The summed E-state index contributed by atoms with van der Waals surface area (Å²) in [5.41, 5.74) is 1.79. The summed E-state index contributed by atoms with van der Waals surface area (Å²) in [6.45, 7) is 2.86. The van der Waals surface area contributed by atoms with Gasteiger partial charge in [-0.15, -0.1) is 0 Å². The van der Waals surface area contributed by atoms with Crippen LogP contribution in [0.3, 0.4) is 0 Å². The van der Waals surface area contributed by atoms with Gasteiger partial charge >= 0.3 is 0 Å². The van der Waals surface area contributed by atoms with Gasteiger partial charge in [0.05, 0.1) is 4.92 Å². The van der Waals surface area contributed by atoms with E-state index < -0.39 is 0 Å². The first-order valence-corrected chi connectivity index (χ1v) is 7.21. The summed E-state index contributed by atoms with van der Waals surface area (Å²) in [7, 11) is 0. The van der Waals surface area contributed by atoms with Crippen LogP contribution >= 0.6 is 0 Å². The smallest absolute Gasteiger partial charge is 0.271 e. The normalized spacial score (nSPS) is 22.5. The van der Waals surface area contributed by atoms with Crippen LogP contribution in [0.25, 0.3) is 0 Å². The molecule has 0 radical (unpaired) electrons. The van der Waals surface area contributed by atoms with Crippen molar-refractivity contribution < 1.29 is 10.0 Å². The molecular weight excluding hydrogens is 256 g/mol. The monoisotopic (exact) mass is 278 g/mol. The van der Waals surface area contributed by atoms with Crippen molar-refractivity contribution in [1.29, 1.82) is 0 Å². The van der Waals surface area contributed by atoms with Crippen molar-refractivity contribution in [2.24, 2.45) is 11.8 Å². The van der Waals surface area contributed by atoms with Crippen LogP contribution < -0.4 is 5.32 Å². The predicted octanol–water partition coefficient (Wildman–Crippen LogP) is 3.11. The van der Waals surface area contributed by atoms with Crippen molar-refractivity contribution in [1.82, 2.24) is 0 Å². The molecule has 0 amide bonds. The maximum Gasteiger partial charge on any atom is 0.271 e. The molecule has 1 aliphatic rings. The first kappa shape index (κ1) is 14.8. The molecule has 20 heavy (non-hydrogen) atoms. The number of nitro benzene ring substituents is 1. The van der Waals surface area contributed by atoms with Crippen LogP contribution in [0.15, 0.2) is 18.2 Å². The molecule has 0 bridgehead atoms. The van der Waals surface area contributed by atoms with Crippen LogP contribution in [-0.2, 0) is 0 Å². The van der Waals surface area contributed by atoms with Crippen LogP contribution in [0, 0.1) is 28.9 Å². The molecule has 0 aliphatic heterocycles. The molecular formula is C15H22N2O3. The number of aryl methyl sites for hydroxylation is 1. The number of hydrogen-bond acceptors (Lipinski definition) is 4. The minimum absolute atomic E-state index is 0.120. The largest absolute Gasteiger partial charge is 0.396 e. The van der Waals surface area contributed by atoms with Crippen LogP contribution in [-0.4, -0.2) is 23.2 Å². The van der Waals surface area contributed by atoms with Gasteiger partial charge in [0, 0.05) is 31.0 Å². The van der Waals surface area contributed by atoms with Crippen molar-refractivity contribution in [3.63, 3.8) is 0 Å². The number of nitro groups is 1. The molecule has 1 fully saturated rings. The number of nitrogens with zero attached hydrogens (tertiary/aromatic N) is 1. The highest BCUT2D eigenvalue weighted by atomic mass is 16.6. The van der Waals surface area contributed by atoms with Crippen LogP contribution in [0.2, 0.25) is 0 Å². The SMILES string of the molecule is Cc1cc(NCC2CCCCC2CO)cc([N+](=O)[O-])c1. The molecule has 1 aliphatic carbocycles. The van der Waals surface area contributed by atoms with E-state index in [0.717, 1.165) is 30.6 Å². The fraction of sp³-hybridized carbons (Fsp3) is 0.600. The van der Waals surface area contributed by atoms with Gasteiger partial charge in [-0.3, -0.25) is 10.1 Å². The lowest BCUT2D eigenvalue weighted by molar-refractivity contribution is -0.384. The van der Waals surface area contributed by atoms with Gasteiger partial charge in [0.25, 0.3) is 5.69 Å².